The highest BCUT2D eigenvalue weighted by atomic mass is 16.1. The van der Waals surface area contributed by atoms with Crippen LogP contribution in [0.2, 0.25) is 0 Å². The summed E-state index contributed by atoms with van der Waals surface area (Å²) in [6.07, 6.45) is 7.32. The fourth-order valence-corrected chi connectivity index (χ4v) is 3.42. The lowest BCUT2D eigenvalue weighted by Crippen LogP contribution is -2.41. The molecule has 0 aromatic rings. The summed E-state index contributed by atoms with van der Waals surface area (Å²) in [4.78, 5) is 12.1. The largest absolute Gasteiger partial charge is 0.299 e. The van der Waals surface area contributed by atoms with Crippen molar-refractivity contribution in [1.82, 2.24) is 0 Å². The second-order valence-electron chi connectivity index (χ2n) is 5.76. The molecule has 0 spiro atoms. The van der Waals surface area contributed by atoms with E-state index in [1.807, 2.05) is 6.08 Å². The van der Waals surface area contributed by atoms with Gasteiger partial charge in [0, 0.05) is 11.8 Å². The van der Waals surface area contributed by atoms with E-state index in [-0.39, 0.29) is 5.41 Å². The summed E-state index contributed by atoms with van der Waals surface area (Å²) in [5.74, 6) is 1.10. The highest BCUT2D eigenvalue weighted by Crippen LogP contribution is 2.57. The van der Waals surface area contributed by atoms with Crippen molar-refractivity contribution in [2.45, 2.75) is 46.0 Å². The predicted molar refractivity (Wildman–Crippen MR) is 58.0 cm³/mol. The van der Waals surface area contributed by atoms with Crippen molar-refractivity contribution >= 4 is 5.78 Å². The van der Waals surface area contributed by atoms with E-state index in [4.69, 9.17) is 0 Å². The van der Waals surface area contributed by atoms with Crippen LogP contribution in [-0.4, -0.2) is 5.78 Å². The molecule has 1 nitrogen and oxygen atoms in total. The molecule has 78 valence electrons. The van der Waals surface area contributed by atoms with Crippen molar-refractivity contribution in [3.05, 3.63) is 12.7 Å². The minimum absolute atomic E-state index is 0.0856. The van der Waals surface area contributed by atoms with Crippen molar-refractivity contribution < 1.29 is 4.79 Å². The van der Waals surface area contributed by atoms with Gasteiger partial charge in [-0.1, -0.05) is 19.9 Å². The Hall–Kier alpha value is -0.590. The zero-order valence-electron chi connectivity index (χ0n) is 9.31. The van der Waals surface area contributed by atoms with E-state index in [9.17, 15) is 4.79 Å². The van der Waals surface area contributed by atoms with Crippen LogP contribution < -0.4 is 0 Å². The third kappa shape index (κ3) is 1.25. The van der Waals surface area contributed by atoms with E-state index < -0.39 is 0 Å². The summed E-state index contributed by atoms with van der Waals surface area (Å²) in [5, 5.41) is 0. The SMILES string of the molecule is C=CCC1(C)C(=O)CC2(C)CCC1C2. The van der Waals surface area contributed by atoms with Gasteiger partial charge in [0.1, 0.15) is 5.78 Å². The van der Waals surface area contributed by atoms with Crippen LogP contribution in [0.4, 0.5) is 0 Å². The highest BCUT2D eigenvalue weighted by Gasteiger charge is 2.53. The molecule has 0 aromatic carbocycles. The Balaban J connectivity index is 2.28. The molecule has 0 N–H and O–H groups in total. The monoisotopic (exact) mass is 192 g/mol. The molecule has 2 saturated carbocycles. The summed E-state index contributed by atoms with van der Waals surface area (Å²) in [6, 6.07) is 0. The van der Waals surface area contributed by atoms with Gasteiger partial charge in [0.05, 0.1) is 0 Å². The number of hydrogen-bond donors (Lipinski definition) is 0. The first-order valence-electron chi connectivity index (χ1n) is 5.64. The molecule has 3 atom stereocenters. The predicted octanol–water partition coefficient (Wildman–Crippen LogP) is 3.35. The van der Waals surface area contributed by atoms with Gasteiger partial charge in [-0.15, -0.1) is 6.58 Å². The van der Waals surface area contributed by atoms with E-state index in [0.29, 0.717) is 17.1 Å². The first-order valence-corrected chi connectivity index (χ1v) is 5.64. The maximum atomic E-state index is 12.1. The van der Waals surface area contributed by atoms with Crippen molar-refractivity contribution in [2.75, 3.05) is 0 Å². The summed E-state index contributed by atoms with van der Waals surface area (Å²) in [5.41, 5.74) is 0.250. The number of allylic oxidation sites excluding steroid dienone is 1. The van der Waals surface area contributed by atoms with Crippen molar-refractivity contribution in [1.29, 1.82) is 0 Å². The summed E-state index contributed by atoms with van der Waals surface area (Å²) >= 11 is 0. The number of carbonyl (C=O) groups excluding carboxylic acids is 1. The number of fused-ring (bicyclic) bond motifs is 2. The lowest BCUT2D eigenvalue weighted by molar-refractivity contribution is -0.135. The topological polar surface area (TPSA) is 17.1 Å². The number of rotatable bonds is 2. The van der Waals surface area contributed by atoms with Crippen LogP contribution >= 0.6 is 0 Å². The van der Waals surface area contributed by atoms with E-state index in [1.165, 1.54) is 19.3 Å². The number of Topliss-reactive ketones (excluding diaryl/α,β-unsaturated/α-hetero) is 1. The fraction of sp³-hybridized carbons (Fsp3) is 0.769. The zero-order valence-corrected chi connectivity index (χ0v) is 9.31. The molecule has 2 fully saturated rings. The zero-order chi connectivity index (χ0) is 10.4. The van der Waals surface area contributed by atoms with Gasteiger partial charge < -0.3 is 0 Å². The minimum atomic E-state index is -0.0856. The Morgan fingerprint density at radius 1 is 1.57 bits per heavy atom. The normalized spacial score (nSPS) is 46.7. The maximum absolute atomic E-state index is 12.1. The molecule has 14 heavy (non-hydrogen) atoms. The Labute approximate surface area is 86.6 Å². The summed E-state index contributed by atoms with van der Waals surface area (Å²) < 4.78 is 0. The maximum Gasteiger partial charge on any atom is 0.139 e. The minimum Gasteiger partial charge on any atom is -0.299 e. The molecule has 0 aliphatic heterocycles. The van der Waals surface area contributed by atoms with Gasteiger partial charge in [-0.2, -0.15) is 0 Å². The van der Waals surface area contributed by atoms with Crippen LogP contribution in [0.1, 0.15) is 46.0 Å². The van der Waals surface area contributed by atoms with E-state index in [0.717, 1.165) is 12.8 Å². The van der Waals surface area contributed by atoms with E-state index in [2.05, 4.69) is 20.4 Å². The molecule has 0 radical (unpaired) electrons. The van der Waals surface area contributed by atoms with Gasteiger partial charge in [0.15, 0.2) is 0 Å². The second kappa shape index (κ2) is 2.95. The molecule has 0 heterocycles. The van der Waals surface area contributed by atoms with Crippen molar-refractivity contribution in [3.8, 4) is 0 Å². The summed E-state index contributed by atoms with van der Waals surface area (Å²) in [6.45, 7) is 8.20. The molecular weight excluding hydrogens is 172 g/mol. The Bertz CT molecular complexity index is 281. The quantitative estimate of drug-likeness (QED) is 0.613. The molecule has 2 bridgehead atoms. The number of carbonyl (C=O) groups is 1. The van der Waals surface area contributed by atoms with Crippen LogP contribution in [0.3, 0.4) is 0 Å². The van der Waals surface area contributed by atoms with Gasteiger partial charge in [0.2, 0.25) is 0 Å². The van der Waals surface area contributed by atoms with E-state index >= 15 is 0 Å². The first kappa shape index (κ1) is 9.95. The standard InChI is InChI=1S/C13H20O/c1-4-6-13(3)10-5-7-12(2,8-10)9-11(13)14/h4,10H,1,5-9H2,2-3H3. The van der Waals surface area contributed by atoms with Gasteiger partial charge in [-0.05, 0) is 37.0 Å². The third-order valence-corrected chi connectivity index (χ3v) is 4.53. The lowest BCUT2D eigenvalue weighted by atomic mass is 9.62. The van der Waals surface area contributed by atoms with Crippen molar-refractivity contribution in [2.24, 2.45) is 16.7 Å². The summed E-state index contributed by atoms with van der Waals surface area (Å²) in [7, 11) is 0. The molecule has 0 saturated heterocycles. The molecule has 0 amide bonds. The Morgan fingerprint density at radius 2 is 2.29 bits per heavy atom. The lowest BCUT2D eigenvalue weighted by Gasteiger charge is -2.41. The number of hydrogen-bond acceptors (Lipinski definition) is 1. The molecular formula is C13H20O. The van der Waals surface area contributed by atoms with Crippen molar-refractivity contribution in [3.63, 3.8) is 0 Å². The van der Waals surface area contributed by atoms with Gasteiger partial charge >= 0.3 is 0 Å². The van der Waals surface area contributed by atoms with Gasteiger partial charge in [-0.3, -0.25) is 4.79 Å². The molecule has 2 aliphatic rings. The Morgan fingerprint density at radius 3 is 2.93 bits per heavy atom. The van der Waals surface area contributed by atoms with Crippen LogP contribution in [0.5, 0.6) is 0 Å². The molecule has 1 heteroatoms. The van der Waals surface area contributed by atoms with Crippen LogP contribution in [0, 0.1) is 16.7 Å². The smallest absolute Gasteiger partial charge is 0.139 e. The molecule has 2 aliphatic carbocycles. The first-order chi connectivity index (χ1) is 6.50. The fourth-order valence-electron chi connectivity index (χ4n) is 3.42. The average molecular weight is 192 g/mol. The van der Waals surface area contributed by atoms with Crippen LogP contribution in [0.15, 0.2) is 12.7 Å². The third-order valence-electron chi connectivity index (χ3n) is 4.53. The molecule has 0 aromatic heterocycles. The van der Waals surface area contributed by atoms with Gasteiger partial charge in [-0.25, -0.2) is 0 Å². The Kier molecular flexibility index (Phi) is 2.09. The number of ketones is 1. The highest BCUT2D eigenvalue weighted by molar-refractivity contribution is 5.86. The molecule has 3 unspecified atom stereocenters. The molecule has 2 rings (SSSR count). The average Bonchev–Trinajstić information content (AvgIpc) is 2.44. The van der Waals surface area contributed by atoms with Crippen LogP contribution in [0.25, 0.3) is 0 Å². The van der Waals surface area contributed by atoms with Crippen LogP contribution in [-0.2, 0) is 4.79 Å². The van der Waals surface area contributed by atoms with Gasteiger partial charge in [0.25, 0.3) is 0 Å². The van der Waals surface area contributed by atoms with E-state index in [1.54, 1.807) is 0 Å². The second-order valence-corrected chi connectivity index (χ2v) is 5.76.